The molecular formula is C30H33N3O3S. The van der Waals surface area contributed by atoms with Gasteiger partial charge in [0.2, 0.25) is 10.0 Å². The van der Waals surface area contributed by atoms with Gasteiger partial charge >= 0.3 is 0 Å². The van der Waals surface area contributed by atoms with Crippen molar-refractivity contribution >= 4 is 26.8 Å². The Bertz CT molecular complexity index is 1440. The van der Waals surface area contributed by atoms with Gasteiger partial charge in [-0.05, 0) is 36.1 Å². The first kappa shape index (κ1) is 25.2. The second-order valence-electron chi connectivity index (χ2n) is 9.88. The zero-order chi connectivity index (χ0) is 26.0. The molecule has 0 atom stereocenters. The van der Waals surface area contributed by atoms with E-state index in [1.165, 1.54) is 6.26 Å². The van der Waals surface area contributed by atoms with Crippen molar-refractivity contribution in [3.63, 3.8) is 0 Å². The minimum absolute atomic E-state index is 0.00509. The number of aryl methyl sites for hydroxylation is 1. The van der Waals surface area contributed by atoms with Gasteiger partial charge < -0.3 is 9.47 Å². The molecule has 1 aromatic heterocycles. The molecule has 6 nitrogen and oxygen atoms in total. The molecule has 37 heavy (non-hydrogen) atoms. The van der Waals surface area contributed by atoms with Gasteiger partial charge in [-0.25, -0.2) is 8.42 Å². The first-order valence-corrected chi connectivity index (χ1v) is 14.6. The van der Waals surface area contributed by atoms with Crippen LogP contribution in [0.2, 0.25) is 0 Å². The molecule has 1 saturated heterocycles. The van der Waals surface area contributed by atoms with Gasteiger partial charge in [-0.3, -0.25) is 4.79 Å². The van der Waals surface area contributed by atoms with Crippen LogP contribution in [0.4, 0.5) is 0 Å². The summed E-state index contributed by atoms with van der Waals surface area (Å²) >= 11 is 0. The number of carbonyl (C=O) groups is 1. The maximum atomic E-state index is 13.4. The summed E-state index contributed by atoms with van der Waals surface area (Å²) in [6, 6.07) is 29.9. The Labute approximate surface area is 219 Å². The number of amides is 1. The summed E-state index contributed by atoms with van der Waals surface area (Å²) in [6.45, 7) is 1.42. The van der Waals surface area contributed by atoms with E-state index in [2.05, 4.69) is 24.3 Å². The van der Waals surface area contributed by atoms with Gasteiger partial charge in [-0.1, -0.05) is 78.9 Å². The van der Waals surface area contributed by atoms with Crippen LogP contribution in [-0.2, 0) is 17.1 Å². The minimum atomic E-state index is -3.46. The van der Waals surface area contributed by atoms with Gasteiger partial charge in [0.05, 0.1) is 6.26 Å². The predicted octanol–water partition coefficient (Wildman–Crippen LogP) is 4.88. The molecule has 1 aliphatic rings. The van der Waals surface area contributed by atoms with Crippen molar-refractivity contribution in [1.29, 1.82) is 0 Å². The highest BCUT2D eigenvalue weighted by Crippen LogP contribution is 2.30. The first-order valence-electron chi connectivity index (χ1n) is 12.7. The average molecular weight is 516 g/mol. The maximum absolute atomic E-state index is 13.4. The van der Waals surface area contributed by atoms with E-state index in [-0.39, 0.29) is 17.9 Å². The molecule has 192 valence electrons. The fraction of sp³-hybridized carbons (Fsp3) is 0.300. The van der Waals surface area contributed by atoms with Gasteiger partial charge in [0.1, 0.15) is 5.69 Å². The standard InChI is InChI=1S/C30H33N3O3S/c1-31-28-16-10-9-15-25(28)21-29(31)30(34)32-19-17-26(18-20-32)33(37(2,35)36)22-27(23-11-5-3-6-12-23)24-13-7-4-8-14-24/h3-16,21,26-27H,17-20,22H2,1-2H3. The van der Waals surface area contributed by atoms with Crippen molar-refractivity contribution in [2.24, 2.45) is 7.05 Å². The summed E-state index contributed by atoms with van der Waals surface area (Å²) in [7, 11) is -1.55. The maximum Gasteiger partial charge on any atom is 0.270 e. The number of aromatic nitrogens is 1. The first-order chi connectivity index (χ1) is 17.8. The Morgan fingerprint density at radius 2 is 1.43 bits per heavy atom. The molecule has 0 unspecified atom stereocenters. The number of hydrogen-bond donors (Lipinski definition) is 0. The van der Waals surface area contributed by atoms with Gasteiger partial charge in [0.15, 0.2) is 0 Å². The zero-order valence-corrected chi connectivity index (χ0v) is 22.1. The minimum Gasteiger partial charge on any atom is -0.340 e. The molecule has 0 bridgehead atoms. The van der Waals surface area contributed by atoms with E-state index >= 15 is 0 Å². The number of hydrogen-bond acceptors (Lipinski definition) is 3. The number of nitrogens with zero attached hydrogens (tertiary/aromatic N) is 3. The van der Waals surface area contributed by atoms with E-state index in [4.69, 9.17) is 0 Å². The monoisotopic (exact) mass is 515 g/mol. The molecule has 4 aromatic rings. The number of fused-ring (bicyclic) bond motifs is 1. The lowest BCUT2D eigenvalue weighted by Gasteiger charge is -2.38. The fourth-order valence-corrected chi connectivity index (χ4v) is 6.69. The highest BCUT2D eigenvalue weighted by molar-refractivity contribution is 7.88. The third-order valence-corrected chi connectivity index (χ3v) is 8.82. The van der Waals surface area contributed by atoms with Crippen molar-refractivity contribution in [3.05, 3.63) is 108 Å². The lowest BCUT2D eigenvalue weighted by molar-refractivity contribution is 0.0669. The molecule has 1 amide bonds. The van der Waals surface area contributed by atoms with E-state index in [1.54, 1.807) is 4.31 Å². The molecule has 0 N–H and O–H groups in total. The van der Waals surface area contributed by atoms with Crippen LogP contribution < -0.4 is 0 Å². The smallest absolute Gasteiger partial charge is 0.270 e. The number of rotatable bonds is 7. The number of para-hydroxylation sites is 1. The second kappa shape index (κ2) is 10.5. The predicted molar refractivity (Wildman–Crippen MR) is 148 cm³/mol. The lowest BCUT2D eigenvalue weighted by atomic mass is 9.90. The van der Waals surface area contributed by atoms with Crippen molar-refractivity contribution < 1.29 is 13.2 Å². The largest absolute Gasteiger partial charge is 0.340 e. The summed E-state index contributed by atoms with van der Waals surface area (Å²) < 4.78 is 29.7. The van der Waals surface area contributed by atoms with E-state index in [0.29, 0.717) is 38.2 Å². The van der Waals surface area contributed by atoms with Crippen LogP contribution in [0.15, 0.2) is 91.0 Å². The summed E-state index contributed by atoms with van der Waals surface area (Å²) in [5.74, 6) is -0.0814. The van der Waals surface area contributed by atoms with E-state index in [0.717, 1.165) is 22.0 Å². The summed E-state index contributed by atoms with van der Waals surface area (Å²) in [6.07, 6.45) is 2.52. The zero-order valence-electron chi connectivity index (χ0n) is 21.3. The Kier molecular flexibility index (Phi) is 7.17. The van der Waals surface area contributed by atoms with Crippen molar-refractivity contribution in [3.8, 4) is 0 Å². The van der Waals surface area contributed by atoms with Gasteiger partial charge in [0.25, 0.3) is 5.91 Å². The van der Waals surface area contributed by atoms with E-state index in [9.17, 15) is 13.2 Å². The van der Waals surface area contributed by atoms with Crippen LogP contribution in [0.1, 0.15) is 40.4 Å². The lowest BCUT2D eigenvalue weighted by Crippen LogP contribution is -2.49. The number of piperidine rings is 1. The normalized spacial score (nSPS) is 15.1. The number of likely N-dealkylation sites (tertiary alicyclic amines) is 1. The Balaban J connectivity index is 1.35. The Morgan fingerprint density at radius 1 is 0.892 bits per heavy atom. The van der Waals surface area contributed by atoms with Crippen LogP contribution in [0.5, 0.6) is 0 Å². The van der Waals surface area contributed by atoms with Crippen molar-refractivity contribution in [2.75, 3.05) is 25.9 Å². The van der Waals surface area contributed by atoms with Crippen LogP contribution in [0.3, 0.4) is 0 Å². The molecule has 1 aliphatic heterocycles. The van der Waals surface area contributed by atoms with E-state index in [1.807, 2.05) is 83.2 Å². The summed E-state index contributed by atoms with van der Waals surface area (Å²) in [5, 5.41) is 1.04. The van der Waals surface area contributed by atoms with Gasteiger partial charge in [-0.2, -0.15) is 4.31 Å². The number of benzene rings is 3. The number of carbonyl (C=O) groups excluding carboxylic acids is 1. The van der Waals surface area contributed by atoms with Crippen LogP contribution >= 0.6 is 0 Å². The molecule has 1 fully saturated rings. The molecule has 0 saturated carbocycles. The average Bonchev–Trinajstić information content (AvgIpc) is 3.26. The Morgan fingerprint density at radius 3 is 1.97 bits per heavy atom. The second-order valence-corrected chi connectivity index (χ2v) is 11.8. The quantitative estimate of drug-likeness (QED) is 0.353. The molecular weight excluding hydrogens is 482 g/mol. The number of sulfonamides is 1. The van der Waals surface area contributed by atoms with Crippen LogP contribution in [0.25, 0.3) is 10.9 Å². The third-order valence-electron chi connectivity index (χ3n) is 7.52. The molecule has 0 radical (unpaired) electrons. The molecule has 2 heterocycles. The summed E-state index contributed by atoms with van der Waals surface area (Å²) in [5.41, 5.74) is 3.86. The molecule has 7 heteroatoms. The van der Waals surface area contributed by atoms with Gasteiger partial charge in [0, 0.05) is 49.5 Å². The van der Waals surface area contributed by atoms with Crippen molar-refractivity contribution in [2.45, 2.75) is 24.8 Å². The van der Waals surface area contributed by atoms with Crippen LogP contribution in [-0.4, -0.2) is 60.0 Å². The molecule has 3 aromatic carbocycles. The molecule has 0 spiro atoms. The van der Waals surface area contributed by atoms with Crippen LogP contribution in [0, 0.1) is 0 Å². The highest BCUT2D eigenvalue weighted by Gasteiger charge is 2.34. The molecule has 0 aliphatic carbocycles. The topological polar surface area (TPSA) is 62.6 Å². The third kappa shape index (κ3) is 5.33. The van der Waals surface area contributed by atoms with Gasteiger partial charge in [-0.15, -0.1) is 0 Å². The Hall–Kier alpha value is -3.42. The SMILES string of the molecule is Cn1c(C(=O)N2CCC(N(CC(c3ccccc3)c3ccccc3)S(C)(=O)=O)CC2)cc2ccccc21. The van der Waals surface area contributed by atoms with E-state index < -0.39 is 10.0 Å². The summed E-state index contributed by atoms with van der Waals surface area (Å²) in [4.78, 5) is 15.2. The fourth-order valence-electron chi connectivity index (χ4n) is 5.52. The highest BCUT2D eigenvalue weighted by atomic mass is 32.2. The van der Waals surface area contributed by atoms with Crippen molar-refractivity contribution in [1.82, 2.24) is 13.8 Å². The molecule has 5 rings (SSSR count).